The molecule has 0 spiro atoms. The van der Waals surface area contributed by atoms with Crippen molar-refractivity contribution in [1.82, 2.24) is 25.8 Å². The number of piperazine rings is 1. The van der Waals surface area contributed by atoms with E-state index in [1.165, 1.54) is 0 Å². The zero-order valence-corrected chi connectivity index (χ0v) is 17.7. The minimum atomic E-state index is -0.809. The molecule has 2 amide bonds. The number of nitrogens with zero attached hydrogens (tertiary/aromatic N) is 2. The van der Waals surface area contributed by atoms with E-state index in [9.17, 15) is 14.0 Å². The quantitative estimate of drug-likeness (QED) is 0.335. The van der Waals surface area contributed by atoms with Crippen molar-refractivity contribution in [3.05, 3.63) is 0 Å². The summed E-state index contributed by atoms with van der Waals surface area (Å²) in [6.45, 7) is 8.43. The van der Waals surface area contributed by atoms with Crippen molar-refractivity contribution in [2.75, 3.05) is 39.4 Å². The molecule has 3 aliphatic rings. The molecular formula is C20H37FN6O2. The number of fused-ring (bicyclic) bond motifs is 1. The fourth-order valence-electron chi connectivity index (χ4n) is 4.87. The molecule has 2 saturated heterocycles. The molecule has 6 unspecified atom stereocenters. The van der Waals surface area contributed by atoms with Gasteiger partial charge in [0.15, 0.2) is 0 Å². The number of hydrogen-bond acceptors (Lipinski definition) is 6. The minimum Gasteiger partial charge on any atom is -0.340 e. The number of alkyl halides is 1. The number of hydrogen-bond donors (Lipinski definition) is 4. The first-order valence-corrected chi connectivity index (χ1v) is 11.0. The molecule has 1 aliphatic carbocycles. The number of rotatable bonds is 7. The summed E-state index contributed by atoms with van der Waals surface area (Å²) < 4.78 is 14.2. The van der Waals surface area contributed by atoms with Crippen LogP contribution in [-0.2, 0) is 9.59 Å². The van der Waals surface area contributed by atoms with Crippen LogP contribution in [0.4, 0.5) is 4.39 Å². The third-order valence-corrected chi connectivity index (χ3v) is 6.77. The molecule has 0 aromatic carbocycles. The Bertz CT molecular complexity index is 553. The third-order valence-electron chi connectivity index (χ3n) is 6.77. The number of nitrogens with one attached hydrogen (secondary N) is 3. The Kier molecular flexibility index (Phi) is 7.84. The highest BCUT2D eigenvalue weighted by atomic mass is 19.1. The van der Waals surface area contributed by atoms with Gasteiger partial charge in [-0.15, -0.1) is 0 Å². The van der Waals surface area contributed by atoms with Crippen LogP contribution in [0.2, 0.25) is 0 Å². The Morgan fingerprint density at radius 2 is 1.97 bits per heavy atom. The Morgan fingerprint density at radius 1 is 1.24 bits per heavy atom. The number of carbonyl (C=O) groups excluding carboxylic acids is 2. The predicted octanol–water partition coefficient (Wildman–Crippen LogP) is -0.397. The lowest BCUT2D eigenvalue weighted by molar-refractivity contribution is -0.130. The van der Waals surface area contributed by atoms with E-state index in [1.807, 2.05) is 4.90 Å². The maximum atomic E-state index is 14.2. The molecule has 6 atom stereocenters. The van der Waals surface area contributed by atoms with E-state index in [0.717, 1.165) is 39.3 Å². The standard InChI is InChI=1S/C20H37FN6O2/c1-13-3-4-16(21)15-11-17(24-19(13)15)20(29)25-18(22)5-6-23-12-26-7-9-27(10-8-26)14(2)28/h13,15-19,23-24H,3-12,22H2,1-2H3,(H,25,29). The van der Waals surface area contributed by atoms with Gasteiger partial charge in [0.2, 0.25) is 11.8 Å². The van der Waals surface area contributed by atoms with Gasteiger partial charge in [-0.1, -0.05) is 6.92 Å². The van der Waals surface area contributed by atoms with Gasteiger partial charge in [0, 0.05) is 51.7 Å². The second-order valence-corrected chi connectivity index (χ2v) is 8.90. The lowest BCUT2D eigenvalue weighted by atomic mass is 9.77. The van der Waals surface area contributed by atoms with Gasteiger partial charge in [0.05, 0.1) is 12.2 Å². The van der Waals surface area contributed by atoms with Crippen molar-refractivity contribution < 1.29 is 14.0 Å². The predicted molar refractivity (Wildman–Crippen MR) is 110 cm³/mol. The lowest BCUT2D eigenvalue weighted by Gasteiger charge is -2.34. The summed E-state index contributed by atoms with van der Waals surface area (Å²) in [5.41, 5.74) is 6.08. The van der Waals surface area contributed by atoms with Crippen LogP contribution in [0.15, 0.2) is 0 Å². The maximum Gasteiger partial charge on any atom is 0.238 e. The molecule has 0 aromatic heterocycles. The van der Waals surface area contributed by atoms with Crippen molar-refractivity contribution in [3.8, 4) is 0 Å². The van der Waals surface area contributed by atoms with Crippen molar-refractivity contribution in [3.63, 3.8) is 0 Å². The molecule has 2 aliphatic heterocycles. The van der Waals surface area contributed by atoms with Gasteiger partial charge >= 0.3 is 0 Å². The first-order chi connectivity index (χ1) is 13.8. The van der Waals surface area contributed by atoms with Gasteiger partial charge < -0.3 is 26.6 Å². The molecular weight excluding hydrogens is 375 g/mol. The molecule has 0 bridgehead atoms. The van der Waals surface area contributed by atoms with Gasteiger partial charge in [-0.25, -0.2) is 4.39 Å². The molecule has 9 heteroatoms. The summed E-state index contributed by atoms with van der Waals surface area (Å²) in [5, 5.41) is 9.57. The molecule has 2 heterocycles. The van der Waals surface area contributed by atoms with E-state index >= 15 is 0 Å². The fraction of sp³-hybridized carbons (Fsp3) is 0.900. The molecule has 29 heavy (non-hydrogen) atoms. The van der Waals surface area contributed by atoms with Crippen LogP contribution in [-0.4, -0.2) is 85.4 Å². The molecule has 0 radical (unpaired) electrons. The zero-order chi connectivity index (χ0) is 21.0. The van der Waals surface area contributed by atoms with Crippen molar-refractivity contribution >= 4 is 11.8 Å². The van der Waals surface area contributed by atoms with Crippen LogP contribution in [0.3, 0.4) is 0 Å². The second kappa shape index (κ2) is 10.1. The minimum absolute atomic E-state index is 0.0594. The maximum absolute atomic E-state index is 14.2. The summed E-state index contributed by atoms with van der Waals surface area (Å²) in [6.07, 6.45) is 1.43. The summed E-state index contributed by atoms with van der Waals surface area (Å²) in [6, 6.07) is -0.253. The highest BCUT2D eigenvalue weighted by molar-refractivity contribution is 5.82. The summed E-state index contributed by atoms with van der Waals surface area (Å²) >= 11 is 0. The smallest absolute Gasteiger partial charge is 0.238 e. The van der Waals surface area contributed by atoms with Gasteiger partial charge in [0.25, 0.3) is 0 Å². The highest BCUT2D eigenvalue weighted by Crippen LogP contribution is 2.38. The van der Waals surface area contributed by atoms with Crippen LogP contribution in [0.25, 0.3) is 0 Å². The summed E-state index contributed by atoms with van der Waals surface area (Å²) in [5.74, 6) is 0.356. The Balaban J connectivity index is 1.30. The van der Waals surface area contributed by atoms with E-state index in [4.69, 9.17) is 5.73 Å². The molecule has 166 valence electrons. The van der Waals surface area contributed by atoms with E-state index in [2.05, 4.69) is 27.8 Å². The largest absolute Gasteiger partial charge is 0.340 e. The average molecular weight is 413 g/mol. The Hall–Kier alpha value is -1.29. The number of amides is 2. The zero-order valence-electron chi connectivity index (χ0n) is 17.7. The monoisotopic (exact) mass is 412 g/mol. The van der Waals surface area contributed by atoms with Crippen LogP contribution in [0.5, 0.6) is 0 Å². The first-order valence-electron chi connectivity index (χ1n) is 11.0. The fourth-order valence-corrected chi connectivity index (χ4v) is 4.87. The van der Waals surface area contributed by atoms with E-state index in [-0.39, 0.29) is 29.8 Å². The second-order valence-electron chi connectivity index (χ2n) is 8.90. The normalized spacial score (nSPS) is 33.9. The van der Waals surface area contributed by atoms with Gasteiger partial charge in [-0.05, 0) is 38.1 Å². The summed E-state index contributed by atoms with van der Waals surface area (Å²) in [4.78, 5) is 28.0. The van der Waals surface area contributed by atoms with E-state index in [1.54, 1.807) is 6.92 Å². The molecule has 1 saturated carbocycles. The average Bonchev–Trinajstić information content (AvgIpc) is 3.15. The number of carbonyl (C=O) groups is 2. The van der Waals surface area contributed by atoms with Crippen molar-refractivity contribution in [2.45, 2.75) is 64.0 Å². The molecule has 0 aromatic rings. The topological polar surface area (TPSA) is 103 Å². The summed E-state index contributed by atoms with van der Waals surface area (Å²) in [7, 11) is 0. The molecule has 5 N–H and O–H groups in total. The van der Waals surface area contributed by atoms with Gasteiger partial charge in [0.1, 0.15) is 6.17 Å². The Morgan fingerprint density at radius 3 is 2.62 bits per heavy atom. The highest BCUT2D eigenvalue weighted by Gasteiger charge is 2.46. The van der Waals surface area contributed by atoms with Crippen LogP contribution >= 0.6 is 0 Å². The van der Waals surface area contributed by atoms with Crippen LogP contribution in [0, 0.1) is 11.8 Å². The molecule has 3 rings (SSSR count). The van der Waals surface area contributed by atoms with Crippen molar-refractivity contribution in [2.24, 2.45) is 17.6 Å². The molecule has 3 fully saturated rings. The third kappa shape index (κ3) is 5.87. The van der Waals surface area contributed by atoms with Crippen molar-refractivity contribution in [1.29, 1.82) is 0 Å². The van der Waals surface area contributed by atoms with Crippen LogP contribution in [0.1, 0.15) is 39.5 Å². The number of halogens is 1. The first kappa shape index (κ1) is 22.4. The van der Waals surface area contributed by atoms with E-state index < -0.39 is 12.3 Å². The number of nitrogens with two attached hydrogens (primary N) is 1. The molecule has 8 nitrogen and oxygen atoms in total. The van der Waals surface area contributed by atoms with Gasteiger partial charge in [-0.3, -0.25) is 14.5 Å². The van der Waals surface area contributed by atoms with Gasteiger partial charge in [-0.2, -0.15) is 0 Å². The van der Waals surface area contributed by atoms with Crippen LogP contribution < -0.4 is 21.7 Å². The lowest BCUT2D eigenvalue weighted by Crippen LogP contribution is -2.52. The Labute approximate surface area is 173 Å². The SMILES string of the molecule is CC(=O)N1CCN(CNCCC(N)NC(=O)C2CC3C(F)CCC(C)C3N2)CC1. The van der Waals surface area contributed by atoms with E-state index in [0.29, 0.717) is 31.7 Å².